The van der Waals surface area contributed by atoms with Crippen LogP contribution in [0.15, 0.2) is 60.9 Å². The van der Waals surface area contributed by atoms with Crippen LogP contribution in [-0.2, 0) is 5.88 Å². The molecular formula is C17H12ClN3. The molecule has 0 amide bonds. The first-order chi connectivity index (χ1) is 10.4. The molecule has 0 unspecified atom stereocenters. The summed E-state index contributed by atoms with van der Waals surface area (Å²) in [4.78, 5) is 8.68. The van der Waals surface area contributed by atoms with Crippen molar-refractivity contribution in [3.63, 3.8) is 0 Å². The lowest BCUT2D eigenvalue weighted by molar-refractivity contribution is 0.984. The van der Waals surface area contributed by atoms with E-state index in [1.54, 1.807) is 12.4 Å². The lowest BCUT2D eigenvalue weighted by Gasteiger charge is -2.09. The summed E-state index contributed by atoms with van der Waals surface area (Å²) in [5.74, 6) is 1.19. The van der Waals surface area contributed by atoms with E-state index in [2.05, 4.69) is 44.9 Å². The second-order valence-electron chi connectivity index (χ2n) is 4.89. The molecule has 4 aromatic rings. The van der Waals surface area contributed by atoms with E-state index in [4.69, 9.17) is 11.6 Å². The highest BCUT2D eigenvalue weighted by molar-refractivity contribution is 6.17. The minimum Gasteiger partial charge on any atom is -0.295 e. The molecule has 2 aromatic carbocycles. The SMILES string of the molecule is ClCc1nc2cnccc2n1-c1ccc2ccccc2c1. The van der Waals surface area contributed by atoms with Crippen LogP contribution in [0.4, 0.5) is 0 Å². The van der Waals surface area contributed by atoms with Gasteiger partial charge in [-0.05, 0) is 29.0 Å². The summed E-state index contributed by atoms with van der Waals surface area (Å²) in [7, 11) is 0. The van der Waals surface area contributed by atoms with Gasteiger partial charge in [0.15, 0.2) is 0 Å². The van der Waals surface area contributed by atoms with E-state index in [9.17, 15) is 0 Å². The third-order valence-electron chi connectivity index (χ3n) is 3.64. The molecule has 0 aliphatic heterocycles. The Morgan fingerprint density at radius 3 is 2.71 bits per heavy atom. The van der Waals surface area contributed by atoms with Crippen molar-refractivity contribution in [2.24, 2.45) is 0 Å². The molecule has 0 radical (unpaired) electrons. The van der Waals surface area contributed by atoms with Crippen molar-refractivity contribution >= 4 is 33.4 Å². The number of benzene rings is 2. The minimum absolute atomic E-state index is 0.363. The minimum atomic E-state index is 0.363. The number of aromatic nitrogens is 3. The lowest BCUT2D eigenvalue weighted by Crippen LogP contribution is -1.99. The highest BCUT2D eigenvalue weighted by atomic mass is 35.5. The summed E-state index contributed by atoms with van der Waals surface area (Å²) in [5.41, 5.74) is 2.95. The Balaban J connectivity index is 2.03. The van der Waals surface area contributed by atoms with Gasteiger partial charge in [0.2, 0.25) is 0 Å². The summed E-state index contributed by atoms with van der Waals surface area (Å²) in [6.07, 6.45) is 3.54. The van der Waals surface area contributed by atoms with Crippen molar-refractivity contribution in [2.75, 3.05) is 0 Å². The van der Waals surface area contributed by atoms with Gasteiger partial charge >= 0.3 is 0 Å². The molecule has 0 fully saturated rings. The van der Waals surface area contributed by atoms with Crippen LogP contribution in [-0.4, -0.2) is 14.5 Å². The van der Waals surface area contributed by atoms with Crippen LogP contribution in [0.1, 0.15) is 5.82 Å². The summed E-state index contributed by atoms with van der Waals surface area (Å²) in [5, 5.41) is 2.42. The molecule has 0 saturated carbocycles. The van der Waals surface area contributed by atoms with Gasteiger partial charge in [0.25, 0.3) is 0 Å². The van der Waals surface area contributed by atoms with Crippen LogP contribution in [0.3, 0.4) is 0 Å². The van der Waals surface area contributed by atoms with Gasteiger partial charge in [-0.3, -0.25) is 9.55 Å². The third kappa shape index (κ3) is 1.98. The van der Waals surface area contributed by atoms with Crippen LogP contribution in [0.25, 0.3) is 27.5 Å². The van der Waals surface area contributed by atoms with E-state index < -0.39 is 0 Å². The van der Waals surface area contributed by atoms with Gasteiger partial charge in [-0.25, -0.2) is 4.98 Å². The molecule has 4 heteroatoms. The van der Waals surface area contributed by atoms with Gasteiger partial charge in [-0.2, -0.15) is 0 Å². The van der Waals surface area contributed by atoms with Crippen molar-refractivity contribution in [1.82, 2.24) is 14.5 Å². The molecule has 0 aliphatic carbocycles. The fourth-order valence-electron chi connectivity index (χ4n) is 2.68. The molecule has 0 aliphatic rings. The normalized spacial score (nSPS) is 11.3. The second kappa shape index (κ2) is 4.86. The number of hydrogen-bond donors (Lipinski definition) is 0. The summed E-state index contributed by atoms with van der Waals surface area (Å²) < 4.78 is 2.09. The maximum absolute atomic E-state index is 6.07. The summed E-state index contributed by atoms with van der Waals surface area (Å²) in [6.45, 7) is 0. The Morgan fingerprint density at radius 2 is 1.86 bits per heavy atom. The monoisotopic (exact) mass is 293 g/mol. The Kier molecular flexibility index (Phi) is 2.86. The zero-order valence-electron chi connectivity index (χ0n) is 11.2. The van der Waals surface area contributed by atoms with E-state index in [0.717, 1.165) is 22.5 Å². The Labute approximate surface area is 126 Å². The fourth-order valence-corrected chi connectivity index (χ4v) is 2.85. The van der Waals surface area contributed by atoms with Crippen molar-refractivity contribution in [2.45, 2.75) is 5.88 Å². The van der Waals surface area contributed by atoms with E-state index in [0.29, 0.717) is 5.88 Å². The molecule has 0 saturated heterocycles. The average molecular weight is 294 g/mol. The van der Waals surface area contributed by atoms with Crippen LogP contribution in [0.5, 0.6) is 0 Å². The Morgan fingerprint density at radius 1 is 1.00 bits per heavy atom. The molecule has 0 N–H and O–H groups in total. The quantitative estimate of drug-likeness (QED) is 0.516. The maximum atomic E-state index is 6.07. The van der Waals surface area contributed by atoms with Crippen molar-refractivity contribution < 1.29 is 0 Å². The van der Waals surface area contributed by atoms with Crippen LogP contribution in [0, 0.1) is 0 Å². The highest BCUT2D eigenvalue weighted by Crippen LogP contribution is 2.25. The third-order valence-corrected chi connectivity index (χ3v) is 3.88. The Bertz CT molecular complexity index is 943. The number of halogens is 1. The van der Waals surface area contributed by atoms with Gasteiger partial charge in [0.05, 0.1) is 17.6 Å². The maximum Gasteiger partial charge on any atom is 0.129 e. The molecule has 2 heterocycles. The van der Waals surface area contributed by atoms with Gasteiger partial charge in [-0.1, -0.05) is 30.3 Å². The van der Waals surface area contributed by atoms with Crippen molar-refractivity contribution in [1.29, 1.82) is 0 Å². The number of fused-ring (bicyclic) bond motifs is 2. The van der Waals surface area contributed by atoms with Crippen molar-refractivity contribution in [3.05, 3.63) is 66.7 Å². The summed E-state index contributed by atoms with van der Waals surface area (Å²) >= 11 is 6.07. The number of pyridine rings is 1. The zero-order chi connectivity index (χ0) is 14.2. The first kappa shape index (κ1) is 12.4. The second-order valence-corrected chi connectivity index (χ2v) is 5.16. The first-order valence-corrected chi connectivity index (χ1v) is 7.27. The number of imidazole rings is 1. The van der Waals surface area contributed by atoms with Gasteiger partial charge in [0, 0.05) is 11.9 Å². The predicted octanol–water partition coefficient (Wildman–Crippen LogP) is 4.31. The van der Waals surface area contributed by atoms with Gasteiger partial charge in [0.1, 0.15) is 11.3 Å². The van der Waals surface area contributed by atoms with E-state index >= 15 is 0 Å². The number of alkyl halides is 1. The number of hydrogen-bond acceptors (Lipinski definition) is 2. The van der Waals surface area contributed by atoms with Crippen LogP contribution in [0.2, 0.25) is 0 Å². The lowest BCUT2D eigenvalue weighted by atomic mass is 10.1. The molecule has 2 aromatic heterocycles. The molecular weight excluding hydrogens is 282 g/mol. The van der Waals surface area contributed by atoms with Crippen LogP contribution >= 0.6 is 11.6 Å². The van der Waals surface area contributed by atoms with Gasteiger partial charge in [-0.15, -0.1) is 11.6 Å². The number of nitrogens with zero attached hydrogens (tertiary/aromatic N) is 3. The molecule has 3 nitrogen and oxygen atoms in total. The van der Waals surface area contributed by atoms with Crippen molar-refractivity contribution in [3.8, 4) is 5.69 Å². The average Bonchev–Trinajstić information content (AvgIpc) is 2.93. The predicted molar refractivity (Wildman–Crippen MR) is 85.9 cm³/mol. The number of rotatable bonds is 2. The topological polar surface area (TPSA) is 30.7 Å². The molecule has 4 rings (SSSR count). The van der Waals surface area contributed by atoms with E-state index in [1.807, 2.05) is 18.2 Å². The Hall–Kier alpha value is -2.39. The fraction of sp³-hybridized carbons (Fsp3) is 0.0588. The molecule has 0 bridgehead atoms. The van der Waals surface area contributed by atoms with E-state index in [-0.39, 0.29) is 0 Å². The van der Waals surface area contributed by atoms with Crippen LogP contribution < -0.4 is 0 Å². The molecule has 21 heavy (non-hydrogen) atoms. The summed E-state index contributed by atoms with van der Waals surface area (Å²) in [6, 6.07) is 16.7. The smallest absolute Gasteiger partial charge is 0.129 e. The highest BCUT2D eigenvalue weighted by Gasteiger charge is 2.11. The first-order valence-electron chi connectivity index (χ1n) is 6.73. The van der Waals surface area contributed by atoms with Gasteiger partial charge < -0.3 is 0 Å². The molecule has 102 valence electrons. The molecule has 0 spiro atoms. The van der Waals surface area contributed by atoms with E-state index in [1.165, 1.54) is 10.8 Å². The molecule has 0 atom stereocenters. The zero-order valence-corrected chi connectivity index (χ0v) is 12.0. The standard InChI is InChI=1S/C17H12ClN3/c18-10-17-20-15-11-19-8-7-16(15)21(17)14-6-5-12-3-1-2-4-13(12)9-14/h1-9,11H,10H2. The largest absolute Gasteiger partial charge is 0.295 e.